The number of hydrogen-bond acceptors (Lipinski definition) is 3. The zero-order valence-corrected chi connectivity index (χ0v) is 13.8. The molecule has 0 radical (unpaired) electrons. The van der Waals surface area contributed by atoms with Gasteiger partial charge in [0.1, 0.15) is 11.4 Å². The quantitative estimate of drug-likeness (QED) is 0.836. The molecule has 0 aliphatic rings. The van der Waals surface area contributed by atoms with Gasteiger partial charge in [0, 0.05) is 12.5 Å². The number of carbonyl (C=O) groups excluding carboxylic acids is 2. The normalized spacial score (nSPS) is 12.6. The Labute approximate surface area is 131 Å². The van der Waals surface area contributed by atoms with E-state index in [1.54, 1.807) is 40.7 Å². The molecule has 1 aromatic carbocycles. The lowest BCUT2D eigenvalue weighted by Gasteiger charge is -2.21. The van der Waals surface area contributed by atoms with Crippen molar-refractivity contribution >= 4 is 11.9 Å². The Morgan fingerprint density at radius 2 is 1.95 bits per heavy atom. The van der Waals surface area contributed by atoms with Gasteiger partial charge in [0.2, 0.25) is 0 Å². The zero-order chi connectivity index (χ0) is 16.9. The van der Waals surface area contributed by atoms with Crippen LogP contribution in [-0.4, -0.2) is 23.5 Å². The van der Waals surface area contributed by atoms with E-state index in [4.69, 9.17) is 4.74 Å². The van der Waals surface area contributed by atoms with Crippen LogP contribution in [0.5, 0.6) is 0 Å². The number of Topliss-reactive ketones (excluding diaryl/α,β-unsaturated/α-hetero) is 1. The molecule has 0 spiro atoms. The third-order valence-corrected chi connectivity index (χ3v) is 2.99. The number of carbonyl (C=O) groups is 2. The summed E-state index contributed by atoms with van der Waals surface area (Å²) in [4.78, 5) is 23.6. The number of hydrogen-bond donors (Lipinski definition) is 1. The molecule has 0 saturated carbocycles. The van der Waals surface area contributed by atoms with Gasteiger partial charge in [-0.15, -0.1) is 0 Å². The highest BCUT2D eigenvalue weighted by atomic mass is 19.1. The first-order valence-electron chi connectivity index (χ1n) is 7.37. The largest absolute Gasteiger partial charge is 0.444 e. The standard InChI is InChI=1S/C17H24FNO3/c1-11-6-8-13(14(18)10-11)15(20)9-7-12(2)19-16(21)22-17(3,4)5/h6,8,10,12H,7,9H2,1-5H3,(H,19,21)/t12-/m0/s1. The topological polar surface area (TPSA) is 55.4 Å². The molecular formula is C17H24FNO3. The Hall–Kier alpha value is -1.91. The molecule has 1 rings (SSSR count). The Morgan fingerprint density at radius 3 is 2.50 bits per heavy atom. The van der Waals surface area contributed by atoms with Crippen molar-refractivity contribution in [3.63, 3.8) is 0 Å². The molecule has 22 heavy (non-hydrogen) atoms. The van der Waals surface area contributed by atoms with Crippen LogP contribution in [0.4, 0.5) is 9.18 Å². The lowest BCUT2D eigenvalue weighted by Crippen LogP contribution is -2.37. The van der Waals surface area contributed by atoms with Crippen LogP contribution in [-0.2, 0) is 4.74 Å². The number of nitrogens with one attached hydrogen (secondary N) is 1. The molecule has 1 N–H and O–H groups in total. The fraction of sp³-hybridized carbons (Fsp3) is 0.529. The third-order valence-electron chi connectivity index (χ3n) is 2.99. The van der Waals surface area contributed by atoms with Crippen molar-refractivity contribution < 1.29 is 18.7 Å². The van der Waals surface area contributed by atoms with E-state index in [-0.39, 0.29) is 23.8 Å². The van der Waals surface area contributed by atoms with Crippen LogP contribution >= 0.6 is 0 Å². The Bertz CT molecular complexity index is 549. The molecule has 0 unspecified atom stereocenters. The summed E-state index contributed by atoms with van der Waals surface area (Å²) in [6.07, 6.45) is 0.0662. The van der Waals surface area contributed by atoms with Gasteiger partial charge < -0.3 is 10.1 Å². The van der Waals surface area contributed by atoms with Crippen LogP contribution in [0.2, 0.25) is 0 Å². The first-order chi connectivity index (χ1) is 10.1. The molecule has 0 aliphatic carbocycles. The maximum atomic E-state index is 13.7. The molecule has 0 fully saturated rings. The van der Waals surface area contributed by atoms with Gasteiger partial charge in [0.25, 0.3) is 0 Å². The van der Waals surface area contributed by atoms with E-state index in [1.165, 1.54) is 12.1 Å². The number of ketones is 1. The fourth-order valence-electron chi connectivity index (χ4n) is 1.91. The van der Waals surface area contributed by atoms with E-state index in [0.29, 0.717) is 6.42 Å². The zero-order valence-electron chi connectivity index (χ0n) is 13.8. The maximum Gasteiger partial charge on any atom is 0.407 e. The highest BCUT2D eigenvalue weighted by molar-refractivity contribution is 5.96. The maximum absolute atomic E-state index is 13.7. The van der Waals surface area contributed by atoms with Crippen LogP contribution in [0.3, 0.4) is 0 Å². The summed E-state index contributed by atoms with van der Waals surface area (Å²) in [5, 5.41) is 2.66. The SMILES string of the molecule is Cc1ccc(C(=O)CC[C@H](C)NC(=O)OC(C)(C)C)c(F)c1. The smallest absolute Gasteiger partial charge is 0.407 e. The van der Waals surface area contributed by atoms with Gasteiger partial charge in [0.05, 0.1) is 5.56 Å². The molecule has 1 amide bonds. The van der Waals surface area contributed by atoms with Crippen molar-refractivity contribution in [1.82, 2.24) is 5.32 Å². The van der Waals surface area contributed by atoms with Gasteiger partial charge in [-0.3, -0.25) is 4.79 Å². The minimum absolute atomic E-state index is 0.0927. The second kappa shape index (κ2) is 7.38. The first-order valence-corrected chi connectivity index (χ1v) is 7.37. The number of halogens is 1. The molecule has 0 heterocycles. The van der Waals surface area contributed by atoms with Crippen LogP contribution in [0.25, 0.3) is 0 Å². The highest BCUT2D eigenvalue weighted by Gasteiger charge is 2.18. The summed E-state index contributed by atoms with van der Waals surface area (Å²) in [6, 6.07) is 4.32. The van der Waals surface area contributed by atoms with Crippen molar-refractivity contribution in [2.24, 2.45) is 0 Å². The molecule has 1 atom stereocenters. The molecular weight excluding hydrogens is 285 g/mol. The molecule has 0 aliphatic heterocycles. The number of rotatable bonds is 5. The molecule has 0 saturated heterocycles. The molecule has 122 valence electrons. The van der Waals surface area contributed by atoms with Crippen LogP contribution in [0.1, 0.15) is 56.5 Å². The number of alkyl carbamates (subject to hydrolysis) is 1. The summed E-state index contributed by atoms with van der Waals surface area (Å²) < 4.78 is 18.8. The Balaban J connectivity index is 2.48. The van der Waals surface area contributed by atoms with E-state index in [9.17, 15) is 14.0 Å². The number of aryl methyl sites for hydroxylation is 1. The molecule has 1 aromatic rings. The molecule has 4 nitrogen and oxygen atoms in total. The summed E-state index contributed by atoms with van der Waals surface area (Å²) in [6.45, 7) is 8.88. The van der Waals surface area contributed by atoms with E-state index in [2.05, 4.69) is 5.32 Å². The van der Waals surface area contributed by atoms with E-state index in [0.717, 1.165) is 5.56 Å². The highest BCUT2D eigenvalue weighted by Crippen LogP contribution is 2.14. The van der Waals surface area contributed by atoms with E-state index >= 15 is 0 Å². The minimum atomic E-state index is -0.565. The van der Waals surface area contributed by atoms with Gasteiger partial charge in [-0.25, -0.2) is 9.18 Å². The predicted molar refractivity (Wildman–Crippen MR) is 83.5 cm³/mol. The summed E-state index contributed by atoms with van der Waals surface area (Å²) in [5.74, 6) is -0.770. The van der Waals surface area contributed by atoms with Crippen molar-refractivity contribution in [2.75, 3.05) is 0 Å². The van der Waals surface area contributed by atoms with Crippen LogP contribution in [0, 0.1) is 12.7 Å². The number of amides is 1. The fourth-order valence-corrected chi connectivity index (χ4v) is 1.91. The summed E-state index contributed by atoms with van der Waals surface area (Å²) in [7, 11) is 0. The second-order valence-corrected chi connectivity index (χ2v) is 6.49. The number of benzene rings is 1. The molecule has 5 heteroatoms. The lowest BCUT2D eigenvalue weighted by atomic mass is 10.0. The Morgan fingerprint density at radius 1 is 1.32 bits per heavy atom. The summed E-state index contributed by atoms with van der Waals surface area (Å²) in [5.41, 5.74) is 0.300. The molecule has 0 aromatic heterocycles. The average molecular weight is 309 g/mol. The van der Waals surface area contributed by atoms with Crippen molar-refractivity contribution in [1.29, 1.82) is 0 Å². The number of ether oxygens (including phenoxy) is 1. The summed E-state index contributed by atoms with van der Waals surface area (Å²) >= 11 is 0. The van der Waals surface area contributed by atoms with Crippen LogP contribution in [0.15, 0.2) is 18.2 Å². The minimum Gasteiger partial charge on any atom is -0.444 e. The van der Waals surface area contributed by atoms with E-state index < -0.39 is 17.5 Å². The van der Waals surface area contributed by atoms with Gasteiger partial charge in [0.15, 0.2) is 5.78 Å². The first kappa shape index (κ1) is 18.1. The van der Waals surface area contributed by atoms with Crippen molar-refractivity contribution in [3.8, 4) is 0 Å². The van der Waals surface area contributed by atoms with Crippen molar-refractivity contribution in [3.05, 3.63) is 35.1 Å². The second-order valence-electron chi connectivity index (χ2n) is 6.49. The monoisotopic (exact) mass is 309 g/mol. The third kappa shape index (κ3) is 6.24. The van der Waals surface area contributed by atoms with Crippen molar-refractivity contribution in [2.45, 2.75) is 59.1 Å². The van der Waals surface area contributed by atoms with Gasteiger partial charge >= 0.3 is 6.09 Å². The van der Waals surface area contributed by atoms with Gasteiger partial charge in [-0.05, 0) is 58.7 Å². The van der Waals surface area contributed by atoms with Crippen LogP contribution < -0.4 is 5.32 Å². The van der Waals surface area contributed by atoms with Gasteiger partial charge in [-0.2, -0.15) is 0 Å². The van der Waals surface area contributed by atoms with E-state index in [1.807, 2.05) is 0 Å². The lowest BCUT2D eigenvalue weighted by molar-refractivity contribution is 0.0504. The molecule has 0 bridgehead atoms. The van der Waals surface area contributed by atoms with Gasteiger partial charge in [-0.1, -0.05) is 6.07 Å². The predicted octanol–water partition coefficient (Wildman–Crippen LogP) is 4.01. The average Bonchev–Trinajstić information content (AvgIpc) is 2.33. The Kier molecular flexibility index (Phi) is 6.09.